The van der Waals surface area contributed by atoms with Crippen LogP contribution in [0.3, 0.4) is 0 Å². The number of hydrogen-bond acceptors (Lipinski definition) is 6. The van der Waals surface area contributed by atoms with Crippen LogP contribution in [0.4, 0.5) is 5.13 Å². The van der Waals surface area contributed by atoms with Crippen molar-refractivity contribution in [2.75, 3.05) is 11.9 Å². The smallest absolute Gasteiger partial charge is 0.226 e. The molecule has 1 aliphatic rings. The summed E-state index contributed by atoms with van der Waals surface area (Å²) in [7, 11) is 0. The van der Waals surface area contributed by atoms with Crippen molar-refractivity contribution < 1.29 is 9.59 Å². The molecule has 0 fully saturated rings. The first-order valence-electron chi connectivity index (χ1n) is 8.69. The van der Waals surface area contributed by atoms with E-state index >= 15 is 0 Å². The summed E-state index contributed by atoms with van der Waals surface area (Å²) < 4.78 is 0. The normalized spacial score (nSPS) is 13.3. The lowest BCUT2D eigenvalue weighted by Crippen LogP contribution is -2.35. The van der Waals surface area contributed by atoms with Crippen molar-refractivity contribution in [3.05, 3.63) is 51.7 Å². The zero-order valence-electron chi connectivity index (χ0n) is 14.6. The van der Waals surface area contributed by atoms with Crippen LogP contribution in [0.15, 0.2) is 41.2 Å². The molecule has 4 heterocycles. The number of rotatable bonds is 5. The van der Waals surface area contributed by atoms with Gasteiger partial charge >= 0.3 is 0 Å². The van der Waals surface area contributed by atoms with E-state index in [9.17, 15) is 9.59 Å². The molecule has 0 saturated heterocycles. The second kappa shape index (κ2) is 7.98. The van der Waals surface area contributed by atoms with Crippen molar-refractivity contribution >= 4 is 39.6 Å². The van der Waals surface area contributed by atoms with E-state index in [1.807, 2.05) is 28.5 Å². The minimum Gasteiger partial charge on any atom is -0.338 e. The molecule has 3 aromatic heterocycles. The number of nitrogens with one attached hydrogen (secondary N) is 1. The molecule has 2 amide bonds. The number of carbonyl (C=O) groups excluding carboxylic acids is 2. The molecule has 27 heavy (non-hydrogen) atoms. The Morgan fingerprint density at radius 1 is 1.15 bits per heavy atom. The van der Waals surface area contributed by atoms with Crippen LogP contribution in [0.25, 0.3) is 11.4 Å². The number of thiazole rings is 1. The molecule has 1 aliphatic heterocycles. The van der Waals surface area contributed by atoms with Crippen molar-refractivity contribution in [3.8, 4) is 11.4 Å². The maximum Gasteiger partial charge on any atom is 0.226 e. The van der Waals surface area contributed by atoms with Gasteiger partial charge < -0.3 is 10.2 Å². The van der Waals surface area contributed by atoms with Crippen molar-refractivity contribution in [2.24, 2.45) is 0 Å². The van der Waals surface area contributed by atoms with Gasteiger partial charge in [-0.25, -0.2) is 4.98 Å². The second-order valence-electron chi connectivity index (χ2n) is 6.24. The van der Waals surface area contributed by atoms with Gasteiger partial charge in [0.1, 0.15) is 5.69 Å². The van der Waals surface area contributed by atoms with Crippen LogP contribution >= 0.6 is 22.7 Å². The number of thiophene rings is 1. The van der Waals surface area contributed by atoms with Crippen molar-refractivity contribution in [1.82, 2.24) is 14.9 Å². The lowest BCUT2D eigenvalue weighted by Gasteiger charge is -2.27. The van der Waals surface area contributed by atoms with Gasteiger partial charge in [-0.2, -0.15) is 0 Å². The van der Waals surface area contributed by atoms with E-state index in [4.69, 9.17) is 0 Å². The molecule has 0 spiro atoms. The van der Waals surface area contributed by atoms with Gasteiger partial charge in [-0.15, -0.1) is 22.7 Å². The summed E-state index contributed by atoms with van der Waals surface area (Å²) in [5.41, 5.74) is 2.73. The van der Waals surface area contributed by atoms with E-state index in [-0.39, 0.29) is 24.7 Å². The molecular weight excluding hydrogens is 380 g/mol. The molecule has 0 aliphatic carbocycles. The zero-order chi connectivity index (χ0) is 18.6. The van der Waals surface area contributed by atoms with Crippen molar-refractivity contribution in [1.29, 1.82) is 0 Å². The standard InChI is InChI=1S/C19H18N4O2S2/c24-17(22-19-21-15(12-27-19)14-3-1-2-8-20-14)4-5-18(25)23-9-6-16-13(11-23)7-10-26-16/h1-3,7-8,10,12H,4-6,9,11H2,(H,21,22,24). The van der Waals surface area contributed by atoms with E-state index < -0.39 is 0 Å². The predicted molar refractivity (Wildman–Crippen MR) is 107 cm³/mol. The fourth-order valence-corrected chi connectivity index (χ4v) is 4.59. The Balaban J connectivity index is 1.28. The van der Waals surface area contributed by atoms with Gasteiger partial charge in [0.15, 0.2) is 5.13 Å². The van der Waals surface area contributed by atoms with Gasteiger partial charge in [-0.05, 0) is 35.6 Å². The summed E-state index contributed by atoms with van der Waals surface area (Å²) in [6.45, 7) is 1.38. The summed E-state index contributed by atoms with van der Waals surface area (Å²) in [6, 6.07) is 7.69. The number of pyridine rings is 1. The fraction of sp³-hybridized carbons (Fsp3) is 0.263. The molecule has 0 bridgehead atoms. The van der Waals surface area contributed by atoms with Crippen LogP contribution < -0.4 is 5.32 Å². The molecule has 6 nitrogen and oxygen atoms in total. The third-order valence-corrected chi connectivity index (χ3v) is 6.18. The summed E-state index contributed by atoms with van der Waals surface area (Å²) in [4.78, 5) is 36.4. The molecular formula is C19H18N4O2S2. The first-order valence-corrected chi connectivity index (χ1v) is 10.4. The number of carbonyl (C=O) groups is 2. The Hall–Kier alpha value is -2.58. The first-order chi connectivity index (χ1) is 13.2. The number of aromatic nitrogens is 2. The van der Waals surface area contributed by atoms with Gasteiger partial charge in [-0.3, -0.25) is 14.6 Å². The number of amides is 2. The SMILES string of the molecule is O=C(CCC(=O)N1CCc2sccc2C1)Nc1nc(-c2ccccn2)cs1. The molecule has 3 aromatic rings. The van der Waals surface area contributed by atoms with Gasteiger partial charge in [0.25, 0.3) is 0 Å². The number of fused-ring (bicyclic) bond motifs is 1. The van der Waals surface area contributed by atoms with Crippen LogP contribution in [-0.4, -0.2) is 33.2 Å². The molecule has 0 saturated carbocycles. The second-order valence-corrected chi connectivity index (χ2v) is 8.09. The molecule has 0 radical (unpaired) electrons. The Morgan fingerprint density at radius 3 is 2.93 bits per heavy atom. The number of anilines is 1. The minimum absolute atomic E-state index is 0.0234. The quantitative estimate of drug-likeness (QED) is 0.713. The van der Waals surface area contributed by atoms with E-state index in [0.717, 1.165) is 24.4 Å². The van der Waals surface area contributed by atoms with Crippen LogP contribution in [0.5, 0.6) is 0 Å². The first kappa shape index (κ1) is 17.8. The maximum absolute atomic E-state index is 12.4. The van der Waals surface area contributed by atoms with Crippen LogP contribution in [0.2, 0.25) is 0 Å². The topological polar surface area (TPSA) is 75.2 Å². The molecule has 8 heteroatoms. The van der Waals surface area contributed by atoms with Crippen molar-refractivity contribution in [3.63, 3.8) is 0 Å². The Morgan fingerprint density at radius 2 is 2.07 bits per heavy atom. The minimum atomic E-state index is -0.196. The summed E-state index contributed by atoms with van der Waals surface area (Å²) in [6.07, 6.45) is 2.98. The van der Waals surface area contributed by atoms with Gasteiger partial charge in [0, 0.05) is 42.4 Å². The van der Waals surface area contributed by atoms with Crippen molar-refractivity contribution in [2.45, 2.75) is 25.8 Å². The van der Waals surface area contributed by atoms with E-state index in [1.54, 1.807) is 17.5 Å². The highest BCUT2D eigenvalue weighted by Gasteiger charge is 2.22. The van der Waals surface area contributed by atoms with Gasteiger partial charge in [0.2, 0.25) is 11.8 Å². The van der Waals surface area contributed by atoms with Crippen LogP contribution in [-0.2, 0) is 22.6 Å². The fourth-order valence-electron chi connectivity index (χ4n) is 2.98. The highest BCUT2D eigenvalue weighted by molar-refractivity contribution is 7.14. The molecule has 1 N–H and O–H groups in total. The van der Waals surface area contributed by atoms with Gasteiger partial charge in [0.05, 0.1) is 5.69 Å². The number of hydrogen-bond donors (Lipinski definition) is 1. The maximum atomic E-state index is 12.4. The predicted octanol–water partition coefficient (Wildman–Crippen LogP) is 3.57. The van der Waals surface area contributed by atoms with E-state index in [2.05, 4.69) is 26.7 Å². The summed E-state index contributed by atoms with van der Waals surface area (Å²) >= 11 is 3.10. The van der Waals surface area contributed by atoms with E-state index in [0.29, 0.717) is 11.7 Å². The molecule has 0 aromatic carbocycles. The van der Waals surface area contributed by atoms with E-state index in [1.165, 1.54) is 21.8 Å². The summed E-state index contributed by atoms with van der Waals surface area (Å²) in [5, 5.41) is 7.22. The summed E-state index contributed by atoms with van der Waals surface area (Å²) in [5.74, 6) is -0.172. The molecule has 138 valence electrons. The Kier molecular flexibility index (Phi) is 5.26. The zero-order valence-corrected chi connectivity index (χ0v) is 16.2. The van der Waals surface area contributed by atoms with Crippen LogP contribution in [0.1, 0.15) is 23.3 Å². The largest absolute Gasteiger partial charge is 0.338 e. The average molecular weight is 399 g/mol. The van der Waals surface area contributed by atoms with Crippen LogP contribution in [0, 0.1) is 0 Å². The molecule has 0 unspecified atom stereocenters. The Labute approximate surface area is 164 Å². The lowest BCUT2D eigenvalue weighted by molar-refractivity contribution is -0.133. The highest BCUT2D eigenvalue weighted by atomic mass is 32.1. The van der Waals surface area contributed by atoms with Gasteiger partial charge in [-0.1, -0.05) is 6.07 Å². The lowest BCUT2D eigenvalue weighted by atomic mass is 10.1. The highest BCUT2D eigenvalue weighted by Crippen LogP contribution is 2.25. The molecule has 0 atom stereocenters. The molecule has 4 rings (SSSR count). The Bertz CT molecular complexity index is 952. The average Bonchev–Trinajstić information content (AvgIpc) is 3.35. The number of nitrogens with zero attached hydrogens (tertiary/aromatic N) is 3. The third kappa shape index (κ3) is 4.23. The monoisotopic (exact) mass is 398 g/mol. The third-order valence-electron chi connectivity index (χ3n) is 4.40.